The average molecular weight is 572 g/mol. The van der Waals surface area contributed by atoms with Gasteiger partial charge in [-0.2, -0.15) is 10.2 Å². The number of hydrogen-bond acceptors (Lipinski definition) is 4. The number of carbonyl (C=O) groups excluding carboxylic acids is 1. The highest BCUT2D eigenvalue weighted by atomic mass is 79.9. The van der Waals surface area contributed by atoms with Crippen LogP contribution in [0.5, 0.6) is 0 Å². The van der Waals surface area contributed by atoms with Crippen LogP contribution in [0.1, 0.15) is 23.6 Å². The van der Waals surface area contributed by atoms with Crippen LogP contribution in [0.3, 0.4) is 0 Å². The number of benzene rings is 2. The lowest BCUT2D eigenvalue weighted by atomic mass is 10.0. The molecule has 0 radical (unpaired) electrons. The quantitative estimate of drug-likeness (QED) is 0.371. The Hall–Kier alpha value is -3.02. The minimum Gasteiger partial charge on any atom is -0.331 e. The standard InChI is InChI=1S/C24H23BrN6O2S2/c1-15-22(16-13-26-30(2)14-16)29-31(18-6-4-3-5-7-18)23(15)28-24(32)27-20-10-11-35(34-33)21-9-8-17(25)12-19(20)21/h3-9,12-14,20H,10-11H2,1-2H3,(H2,27,28,32). The minimum atomic E-state index is -0.410. The summed E-state index contributed by atoms with van der Waals surface area (Å²) in [7, 11) is 2.09. The third-order valence-corrected chi connectivity index (χ3v) is 9.56. The van der Waals surface area contributed by atoms with Crippen molar-refractivity contribution in [1.29, 1.82) is 0 Å². The van der Waals surface area contributed by atoms with Gasteiger partial charge in [0.2, 0.25) is 0 Å². The van der Waals surface area contributed by atoms with Crippen molar-refractivity contribution in [3.8, 4) is 16.9 Å². The number of urea groups is 1. The molecule has 0 aliphatic carbocycles. The number of amides is 2. The number of hydrogen-bond donors (Lipinski definition) is 2. The van der Waals surface area contributed by atoms with Gasteiger partial charge in [0.25, 0.3) is 0 Å². The molecule has 2 amide bonds. The van der Waals surface area contributed by atoms with Crippen molar-refractivity contribution in [2.45, 2.75) is 24.3 Å². The Kier molecular flexibility index (Phi) is 6.72. The summed E-state index contributed by atoms with van der Waals surface area (Å²) in [4.78, 5) is 14.3. The van der Waals surface area contributed by atoms with Crippen molar-refractivity contribution < 1.29 is 9.00 Å². The number of halogens is 1. The number of aromatic nitrogens is 4. The van der Waals surface area contributed by atoms with E-state index in [1.165, 1.54) is 0 Å². The molecule has 2 atom stereocenters. The van der Waals surface area contributed by atoms with Gasteiger partial charge in [-0.3, -0.25) is 10.00 Å². The number of aryl methyl sites for hydroxylation is 1. The third kappa shape index (κ3) is 4.75. The Morgan fingerprint density at radius 1 is 1.23 bits per heavy atom. The van der Waals surface area contributed by atoms with E-state index in [0.717, 1.165) is 43.2 Å². The topological polar surface area (TPSA) is 93.8 Å². The van der Waals surface area contributed by atoms with E-state index < -0.39 is 9.45 Å². The molecule has 0 fully saturated rings. The maximum absolute atomic E-state index is 13.3. The molecule has 0 saturated carbocycles. The summed E-state index contributed by atoms with van der Waals surface area (Å²) < 4.78 is 16.0. The number of fused-ring (bicyclic) bond motifs is 1. The highest BCUT2D eigenvalue weighted by molar-refractivity contribution is 9.10. The first-order chi connectivity index (χ1) is 16.9. The second-order valence-electron chi connectivity index (χ2n) is 8.21. The summed E-state index contributed by atoms with van der Waals surface area (Å²) in [6.07, 6.45) is 4.36. The Morgan fingerprint density at radius 2 is 2.03 bits per heavy atom. The van der Waals surface area contributed by atoms with Crippen molar-refractivity contribution in [3.05, 3.63) is 76.5 Å². The number of para-hydroxylation sites is 1. The van der Waals surface area contributed by atoms with Gasteiger partial charge in [0.1, 0.15) is 21.7 Å². The lowest BCUT2D eigenvalue weighted by molar-refractivity contribution is 0.248. The van der Waals surface area contributed by atoms with E-state index in [4.69, 9.17) is 5.10 Å². The Balaban J connectivity index is 1.47. The van der Waals surface area contributed by atoms with Gasteiger partial charge in [0, 0.05) is 39.5 Å². The first-order valence-electron chi connectivity index (χ1n) is 11.0. The molecule has 3 heterocycles. The van der Waals surface area contributed by atoms with Gasteiger partial charge in [-0.1, -0.05) is 43.6 Å². The molecule has 4 aromatic rings. The van der Waals surface area contributed by atoms with E-state index >= 15 is 0 Å². The van der Waals surface area contributed by atoms with E-state index in [0.29, 0.717) is 22.5 Å². The van der Waals surface area contributed by atoms with Crippen LogP contribution in [0.2, 0.25) is 0 Å². The zero-order chi connectivity index (χ0) is 24.5. The Morgan fingerprint density at radius 3 is 2.74 bits per heavy atom. The molecule has 1 aliphatic heterocycles. The lowest BCUT2D eigenvalue weighted by Crippen LogP contribution is -2.36. The Labute approximate surface area is 216 Å². The number of carbonyl (C=O) groups is 1. The van der Waals surface area contributed by atoms with E-state index in [2.05, 4.69) is 31.7 Å². The minimum absolute atomic E-state index is 0.190. The monoisotopic (exact) mass is 570 g/mol. The third-order valence-electron chi connectivity index (χ3n) is 5.91. The molecule has 1 aliphatic rings. The van der Waals surface area contributed by atoms with Crippen molar-refractivity contribution >= 4 is 47.5 Å². The predicted octanol–water partition coefficient (Wildman–Crippen LogP) is 4.72. The molecule has 11 heteroatoms. The zero-order valence-electron chi connectivity index (χ0n) is 19.1. The summed E-state index contributed by atoms with van der Waals surface area (Å²) >= 11 is 3.52. The fourth-order valence-electron chi connectivity index (χ4n) is 4.23. The molecule has 2 aromatic heterocycles. The molecular formula is C24H23BrN6O2S2. The van der Waals surface area contributed by atoms with Gasteiger partial charge >= 0.3 is 6.03 Å². The summed E-state index contributed by atoms with van der Waals surface area (Å²) in [5.41, 5.74) is 4.28. The smallest absolute Gasteiger partial charge is 0.320 e. The predicted molar refractivity (Wildman–Crippen MR) is 143 cm³/mol. The lowest BCUT2D eigenvalue weighted by Gasteiger charge is -2.27. The SMILES string of the molecule is Cc1c(-c2cnn(C)c2)nn(-c2ccccc2)c1NC(=O)NC1CCS(=S=O)c2ccc(Br)cc21. The number of rotatable bonds is 4. The summed E-state index contributed by atoms with van der Waals surface area (Å²) in [6, 6.07) is 15.1. The van der Waals surface area contributed by atoms with Gasteiger partial charge in [0.05, 0.1) is 17.9 Å². The Bertz CT molecular complexity index is 1480. The number of nitrogens with one attached hydrogen (secondary N) is 2. The first kappa shape index (κ1) is 23.7. The maximum atomic E-state index is 13.3. The van der Waals surface area contributed by atoms with Crippen LogP contribution in [0.4, 0.5) is 10.6 Å². The largest absolute Gasteiger partial charge is 0.331 e. The second-order valence-corrected chi connectivity index (χ2v) is 12.4. The fourth-order valence-corrected chi connectivity index (χ4v) is 7.27. The second kappa shape index (κ2) is 9.92. The zero-order valence-corrected chi connectivity index (χ0v) is 22.3. The van der Waals surface area contributed by atoms with E-state index in [9.17, 15) is 9.00 Å². The maximum Gasteiger partial charge on any atom is 0.320 e. The molecule has 2 unspecified atom stereocenters. The fraction of sp³-hybridized carbons (Fsp3) is 0.208. The highest BCUT2D eigenvalue weighted by Gasteiger charge is 2.26. The van der Waals surface area contributed by atoms with Gasteiger partial charge in [-0.15, -0.1) is 0 Å². The first-order valence-corrected chi connectivity index (χ1v) is 14.4. The van der Waals surface area contributed by atoms with Crippen LogP contribution in [0.15, 0.2) is 70.3 Å². The van der Waals surface area contributed by atoms with Crippen LogP contribution in [-0.2, 0) is 26.7 Å². The van der Waals surface area contributed by atoms with Crippen LogP contribution in [0.25, 0.3) is 16.9 Å². The molecule has 0 bridgehead atoms. The van der Waals surface area contributed by atoms with Gasteiger partial charge < -0.3 is 5.32 Å². The van der Waals surface area contributed by atoms with Crippen molar-refractivity contribution in [1.82, 2.24) is 24.9 Å². The van der Waals surface area contributed by atoms with E-state index in [-0.39, 0.29) is 12.1 Å². The molecule has 2 aromatic carbocycles. The number of nitrogens with zero attached hydrogens (tertiary/aromatic N) is 4. The molecule has 0 saturated heterocycles. The van der Waals surface area contributed by atoms with Crippen LogP contribution in [0, 0.1) is 6.92 Å². The molecule has 8 nitrogen and oxygen atoms in total. The summed E-state index contributed by atoms with van der Waals surface area (Å²) in [6.45, 7) is 1.94. The van der Waals surface area contributed by atoms with Gasteiger partial charge in [0.15, 0.2) is 0 Å². The highest BCUT2D eigenvalue weighted by Crippen LogP contribution is 2.34. The molecule has 5 rings (SSSR count). The van der Waals surface area contributed by atoms with Gasteiger partial charge in [-0.05, 0) is 49.2 Å². The number of anilines is 1. The molecule has 0 spiro atoms. The summed E-state index contributed by atoms with van der Waals surface area (Å²) in [5, 5.41) is 15.2. The molecule has 35 heavy (non-hydrogen) atoms. The van der Waals surface area contributed by atoms with E-state index in [1.54, 1.807) is 15.6 Å². The average Bonchev–Trinajstić information content (AvgIpc) is 3.43. The normalized spacial score (nSPS) is 17.0. The van der Waals surface area contributed by atoms with Crippen LogP contribution >= 0.6 is 15.9 Å². The molecule has 2 N–H and O–H groups in total. The van der Waals surface area contributed by atoms with Crippen molar-refractivity contribution in [2.24, 2.45) is 7.05 Å². The van der Waals surface area contributed by atoms with Crippen LogP contribution in [-0.4, -0.2) is 35.6 Å². The van der Waals surface area contributed by atoms with E-state index in [1.807, 2.05) is 68.7 Å². The molecular weight excluding hydrogens is 548 g/mol. The molecule has 180 valence electrons. The van der Waals surface area contributed by atoms with Crippen molar-refractivity contribution in [2.75, 3.05) is 11.1 Å². The van der Waals surface area contributed by atoms with Crippen molar-refractivity contribution in [3.63, 3.8) is 0 Å². The van der Waals surface area contributed by atoms with Gasteiger partial charge in [-0.25, -0.2) is 13.7 Å². The summed E-state index contributed by atoms with van der Waals surface area (Å²) in [5.74, 6) is 1.33. The van der Waals surface area contributed by atoms with Crippen LogP contribution < -0.4 is 10.6 Å².